The van der Waals surface area contributed by atoms with Gasteiger partial charge in [0.25, 0.3) is 5.91 Å². The number of rotatable bonds is 3. The Morgan fingerprint density at radius 3 is 2.72 bits per heavy atom. The summed E-state index contributed by atoms with van der Waals surface area (Å²) in [5.74, 6) is -1.57. The van der Waals surface area contributed by atoms with Crippen LogP contribution in [0.2, 0.25) is 5.02 Å². The Balaban J connectivity index is 2.15. The number of aliphatic carboxylic acids is 1. The number of carboxylic acid groups (broad SMARTS) is 1. The van der Waals surface area contributed by atoms with E-state index in [0.717, 1.165) is 16.7 Å². The summed E-state index contributed by atoms with van der Waals surface area (Å²) in [4.78, 5) is 23.5. The van der Waals surface area contributed by atoms with Crippen LogP contribution in [0.4, 0.5) is 5.69 Å². The molecule has 3 rings (SSSR count). The molecule has 2 aromatic carbocycles. The zero-order valence-corrected chi connectivity index (χ0v) is 14.6. The number of hydrogen-bond acceptors (Lipinski definition) is 3. The van der Waals surface area contributed by atoms with Crippen LogP contribution in [0.15, 0.2) is 36.4 Å². The maximum absolute atomic E-state index is 12.4. The van der Waals surface area contributed by atoms with E-state index in [1.807, 2.05) is 32.0 Å². The van der Waals surface area contributed by atoms with Gasteiger partial charge in [-0.1, -0.05) is 29.8 Å². The van der Waals surface area contributed by atoms with Gasteiger partial charge in [-0.25, -0.2) is 0 Å². The van der Waals surface area contributed by atoms with Gasteiger partial charge in [-0.05, 0) is 48.7 Å². The highest BCUT2D eigenvalue weighted by molar-refractivity contribution is 6.30. The van der Waals surface area contributed by atoms with Gasteiger partial charge in [0.2, 0.25) is 0 Å². The summed E-state index contributed by atoms with van der Waals surface area (Å²) in [6.07, 6.45) is -2.08. The van der Waals surface area contributed by atoms with Crippen LogP contribution < -0.4 is 5.32 Å². The SMILES string of the molecule is Cc1cccc(C2OC(CC(=O)O)C(=O)Nc3ccc(Cl)cc32)c1C. The van der Waals surface area contributed by atoms with Crippen molar-refractivity contribution in [2.24, 2.45) is 0 Å². The van der Waals surface area contributed by atoms with Crippen molar-refractivity contribution in [1.82, 2.24) is 0 Å². The highest BCUT2D eigenvalue weighted by atomic mass is 35.5. The molecule has 0 spiro atoms. The summed E-state index contributed by atoms with van der Waals surface area (Å²) in [7, 11) is 0. The molecule has 2 aromatic rings. The molecule has 5 nitrogen and oxygen atoms in total. The molecule has 1 amide bonds. The first kappa shape index (κ1) is 17.5. The van der Waals surface area contributed by atoms with Crippen LogP contribution in [-0.2, 0) is 14.3 Å². The number of halogens is 1. The molecule has 6 heteroatoms. The Kier molecular flexibility index (Phi) is 4.79. The minimum absolute atomic E-state index is 0.408. The van der Waals surface area contributed by atoms with E-state index < -0.39 is 30.5 Å². The van der Waals surface area contributed by atoms with Gasteiger partial charge < -0.3 is 15.2 Å². The number of ether oxygens (including phenoxy) is 1. The molecule has 0 saturated carbocycles. The van der Waals surface area contributed by atoms with E-state index in [4.69, 9.17) is 21.4 Å². The lowest BCUT2D eigenvalue weighted by Crippen LogP contribution is -2.31. The molecule has 0 saturated heterocycles. The number of carbonyl (C=O) groups excluding carboxylic acids is 1. The van der Waals surface area contributed by atoms with Crippen molar-refractivity contribution in [3.63, 3.8) is 0 Å². The maximum atomic E-state index is 12.4. The van der Waals surface area contributed by atoms with Crippen molar-refractivity contribution >= 4 is 29.2 Å². The minimum atomic E-state index is -1.09. The van der Waals surface area contributed by atoms with Crippen molar-refractivity contribution in [3.8, 4) is 0 Å². The third-order valence-corrected chi connectivity index (χ3v) is 4.67. The van der Waals surface area contributed by atoms with E-state index in [2.05, 4.69) is 5.32 Å². The molecule has 130 valence electrons. The predicted octanol–water partition coefficient (Wildman–Crippen LogP) is 3.86. The largest absolute Gasteiger partial charge is 0.481 e. The summed E-state index contributed by atoms with van der Waals surface area (Å²) in [5.41, 5.74) is 4.29. The standard InChI is InChI=1S/C19H18ClNO4/c1-10-4-3-5-13(11(10)2)18-14-8-12(20)6-7-15(14)21-19(24)16(25-18)9-17(22)23/h3-8,16,18H,9H2,1-2H3,(H,21,24)(H,22,23). The molecule has 1 aliphatic rings. The van der Waals surface area contributed by atoms with Crippen LogP contribution >= 0.6 is 11.6 Å². The van der Waals surface area contributed by atoms with Crippen molar-refractivity contribution < 1.29 is 19.4 Å². The zero-order chi connectivity index (χ0) is 18.1. The second kappa shape index (κ2) is 6.86. The van der Waals surface area contributed by atoms with Crippen LogP contribution in [0.3, 0.4) is 0 Å². The zero-order valence-electron chi connectivity index (χ0n) is 13.9. The summed E-state index contributed by atoms with van der Waals surface area (Å²) in [5, 5.41) is 12.4. The summed E-state index contributed by atoms with van der Waals surface area (Å²) >= 11 is 6.15. The number of aryl methyl sites for hydroxylation is 1. The normalized spacial score (nSPS) is 19.7. The number of benzene rings is 2. The van der Waals surface area contributed by atoms with Gasteiger partial charge >= 0.3 is 5.97 Å². The first-order valence-corrected chi connectivity index (χ1v) is 8.28. The lowest BCUT2D eigenvalue weighted by atomic mass is 9.93. The number of hydrogen-bond donors (Lipinski definition) is 2. The number of nitrogens with one attached hydrogen (secondary N) is 1. The second-order valence-corrected chi connectivity index (χ2v) is 6.55. The molecule has 25 heavy (non-hydrogen) atoms. The van der Waals surface area contributed by atoms with Crippen molar-refractivity contribution in [1.29, 1.82) is 0 Å². The maximum Gasteiger partial charge on any atom is 0.306 e. The number of fused-ring (bicyclic) bond motifs is 1. The smallest absolute Gasteiger partial charge is 0.306 e. The third kappa shape index (κ3) is 3.52. The van der Waals surface area contributed by atoms with Gasteiger partial charge in [0.15, 0.2) is 0 Å². The van der Waals surface area contributed by atoms with Gasteiger partial charge in [0, 0.05) is 16.3 Å². The van der Waals surface area contributed by atoms with Gasteiger partial charge in [-0.3, -0.25) is 9.59 Å². The van der Waals surface area contributed by atoms with Crippen molar-refractivity contribution in [2.75, 3.05) is 5.32 Å². The van der Waals surface area contributed by atoms with Crippen LogP contribution in [-0.4, -0.2) is 23.1 Å². The molecular weight excluding hydrogens is 342 g/mol. The average Bonchev–Trinajstić information content (AvgIpc) is 2.67. The molecule has 2 unspecified atom stereocenters. The Morgan fingerprint density at radius 1 is 1.24 bits per heavy atom. The van der Waals surface area contributed by atoms with E-state index >= 15 is 0 Å². The fourth-order valence-corrected chi connectivity index (χ4v) is 3.16. The Hall–Kier alpha value is -2.37. The first-order valence-electron chi connectivity index (χ1n) is 7.90. The van der Waals surface area contributed by atoms with Crippen LogP contribution in [0.5, 0.6) is 0 Å². The van der Waals surface area contributed by atoms with E-state index in [9.17, 15) is 9.59 Å². The van der Waals surface area contributed by atoms with Crippen molar-refractivity contribution in [2.45, 2.75) is 32.5 Å². The molecule has 0 aromatic heterocycles. The second-order valence-electron chi connectivity index (χ2n) is 6.11. The van der Waals surface area contributed by atoms with E-state index in [0.29, 0.717) is 16.3 Å². The van der Waals surface area contributed by atoms with Crippen LogP contribution in [0, 0.1) is 13.8 Å². The number of anilines is 1. The van der Waals surface area contributed by atoms with Gasteiger partial charge in [0.1, 0.15) is 12.2 Å². The van der Waals surface area contributed by atoms with E-state index in [1.54, 1.807) is 18.2 Å². The molecule has 0 bridgehead atoms. The van der Waals surface area contributed by atoms with Crippen LogP contribution in [0.25, 0.3) is 0 Å². The topological polar surface area (TPSA) is 75.6 Å². The Morgan fingerprint density at radius 2 is 2.00 bits per heavy atom. The summed E-state index contributed by atoms with van der Waals surface area (Å²) in [6, 6.07) is 11.0. The molecule has 0 fully saturated rings. The predicted molar refractivity (Wildman–Crippen MR) is 95.0 cm³/mol. The Labute approximate surface area is 150 Å². The van der Waals surface area contributed by atoms with Gasteiger partial charge in [-0.2, -0.15) is 0 Å². The molecular formula is C19H18ClNO4. The van der Waals surface area contributed by atoms with E-state index in [1.165, 1.54) is 0 Å². The highest BCUT2D eigenvalue weighted by Gasteiger charge is 2.33. The molecule has 0 aliphatic carbocycles. The van der Waals surface area contributed by atoms with E-state index in [-0.39, 0.29) is 0 Å². The molecule has 0 radical (unpaired) electrons. The summed E-state index contributed by atoms with van der Waals surface area (Å²) in [6.45, 7) is 3.97. The lowest BCUT2D eigenvalue weighted by Gasteiger charge is -2.23. The fraction of sp³-hybridized carbons (Fsp3) is 0.263. The monoisotopic (exact) mass is 359 g/mol. The van der Waals surface area contributed by atoms with Crippen LogP contribution in [0.1, 0.15) is 34.8 Å². The Bertz CT molecular complexity index is 849. The number of amides is 1. The molecule has 2 N–H and O–H groups in total. The third-order valence-electron chi connectivity index (χ3n) is 4.44. The minimum Gasteiger partial charge on any atom is -0.481 e. The lowest BCUT2D eigenvalue weighted by molar-refractivity contribution is -0.146. The number of carbonyl (C=O) groups is 2. The quantitative estimate of drug-likeness (QED) is 0.872. The van der Waals surface area contributed by atoms with Gasteiger partial charge in [-0.15, -0.1) is 0 Å². The molecule has 1 heterocycles. The molecule has 1 aliphatic heterocycles. The average molecular weight is 360 g/mol. The summed E-state index contributed by atoms with van der Waals surface area (Å²) < 4.78 is 5.99. The molecule has 2 atom stereocenters. The fourth-order valence-electron chi connectivity index (χ4n) is 2.98. The first-order chi connectivity index (χ1) is 11.9. The number of carboxylic acids is 1. The van der Waals surface area contributed by atoms with Crippen molar-refractivity contribution in [3.05, 3.63) is 63.7 Å². The highest BCUT2D eigenvalue weighted by Crippen LogP contribution is 2.38. The van der Waals surface area contributed by atoms with Gasteiger partial charge in [0.05, 0.1) is 6.42 Å².